The van der Waals surface area contributed by atoms with Gasteiger partial charge in [-0.3, -0.25) is 4.79 Å². The lowest BCUT2D eigenvalue weighted by atomic mass is 9.98. The molecule has 0 radical (unpaired) electrons. The first-order valence-corrected chi connectivity index (χ1v) is 9.81. The summed E-state index contributed by atoms with van der Waals surface area (Å²) in [5, 5.41) is 3.77. The monoisotopic (exact) mass is 340 g/mol. The number of benzene rings is 1. The highest BCUT2D eigenvalue weighted by Gasteiger charge is 2.19. The molecular weight excluding hydrogens is 320 g/mol. The summed E-state index contributed by atoms with van der Waals surface area (Å²) >= 11 is 1.60. The minimum absolute atomic E-state index is 0.0113. The number of aromatic nitrogens is 1. The summed E-state index contributed by atoms with van der Waals surface area (Å²) in [6, 6.07) is 5.53. The fraction of sp³-hybridized carbons (Fsp3) is 0.467. The van der Waals surface area contributed by atoms with E-state index in [1.807, 2.05) is 12.1 Å². The lowest BCUT2D eigenvalue weighted by Crippen LogP contribution is -2.16. The zero-order valence-electron chi connectivity index (χ0n) is 13.1. The molecule has 0 saturated carbocycles. The van der Waals surface area contributed by atoms with E-state index < -0.39 is 9.84 Å². The Morgan fingerprint density at radius 1 is 1.32 bits per heavy atom. The van der Waals surface area contributed by atoms with E-state index in [0.29, 0.717) is 5.69 Å². The Morgan fingerprint density at radius 3 is 2.59 bits per heavy atom. The minimum Gasteiger partial charge on any atom is -0.326 e. The molecule has 0 bridgehead atoms. The molecule has 0 saturated heterocycles. The summed E-state index contributed by atoms with van der Waals surface area (Å²) in [6.07, 6.45) is 1.09. The highest BCUT2D eigenvalue weighted by molar-refractivity contribution is 7.90. The highest BCUT2D eigenvalue weighted by atomic mass is 32.2. The lowest BCUT2D eigenvalue weighted by molar-refractivity contribution is -0.115. The maximum absolute atomic E-state index is 11.8. The van der Waals surface area contributed by atoms with E-state index in [9.17, 15) is 13.2 Å². The van der Waals surface area contributed by atoms with Gasteiger partial charge in [-0.1, -0.05) is 20.8 Å². The van der Waals surface area contributed by atoms with Crippen LogP contribution in [0, 0.1) is 0 Å². The van der Waals surface area contributed by atoms with E-state index in [1.165, 1.54) is 0 Å². The molecule has 1 heterocycles. The lowest BCUT2D eigenvalue weighted by Gasteiger charge is -2.13. The molecule has 120 valence electrons. The number of hydrogen-bond acceptors (Lipinski definition) is 5. The largest absolute Gasteiger partial charge is 0.326 e. The average molecular weight is 340 g/mol. The number of amides is 1. The second kappa shape index (κ2) is 5.96. The number of nitrogens with zero attached hydrogens (tertiary/aromatic N) is 1. The van der Waals surface area contributed by atoms with E-state index in [-0.39, 0.29) is 23.5 Å². The van der Waals surface area contributed by atoms with Gasteiger partial charge in [-0.05, 0) is 18.2 Å². The molecule has 0 aliphatic heterocycles. The molecule has 0 aliphatic rings. The van der Waals surface area contributed by atoms with E-state index in [2.05, 4.69) is 31.1 Å². The zero-order valence-corrected chi connectivity index (χ0v) is 14.8. The second-order valence-electron chi connectivity index (χ2n) is 6.38. The van der Waals surface area contributed by atoms with Gasteiger partial charge in [0.1, 0.15) is 9.84 Å². The number of carbonyl (C=O) groups is 1. The van der Waals surface area contributed by atoms with Crippen LogP contribution < -0.4 is 5.32 Å². The van der Waals surface area contributed by atoms with Crippen molar-refractivity contribution in [3.8, 4) is 0 Å². The van der Waals surface area contributed by atoms with Crippen LogP contribution in [0.25, 0.3) is 10.2 Å². The number of sulfone groups is 1. The third kappa shape index (κ3) is 4.51. The summed E-state index contributed by atoms with van der Waals surface area (Å²) in [4.78, 5) is 16.4. The molecule has 0 fully saturated rings. The number of fused-ring (bicyclic) bond motifs is 1. The van der Waals surface area contributed by atoms with E-state index in [4.69, 9.17) is 0 Å². The van der Waals surface area contributed by atoms with Crippen LogP contribution in [0.15, 0.2) is 18.2 Å². The van der Waals surface area contributed by atoms with E-state index >= 15 is 0 Å². The molecule has 1 amide bonds. The van der Waals surface area contributed by atoms with Crippen LogP contribution in [0.4, 0.5) is 5.69 Å². The summed E-state index contributed by atoms with van der Waals surface area (Å²) in [6.45, 7) is 6.33. The quantitative estimate of drug-likeness (QED) is 0.928. The molecule has 1 N–H and O–H groups in total. The van der Waals surface area contributed by atoms with Gasteiger partial charge in [-0.25, -0.2) is 13.4 Å². The molecule has 5 nitrogen and oxygen atoms in total. The van der Waals surface area contributed by atoms with Crippen molar-refractivity contribution in [1.29, 1.82) is 0 Å². The van der Waals surface area contributed by atoms with Gasteiger partial charge < -0.3 is 5.32 Å². The van der Waals surface area contributed by atoms with Gasteiger partial charge in [-0.15, -0.1) is 11.3 Å². The molecule has 7 heteroatoms. The van der Waals surface area contributed by atoms with Crippen molar-refractivity contribution < 1.29 is 13.2 Å². The summed E-state index contributed by atoms with van der Waals surface area (Å²) < 4.78 is 23.2. The topological polar surface area (TPSA) is 76.1 Å². The number of anilines is 1. The van der Waals surface area contributed by atoms with Crippen LogP contribution in [-0.4, -0.2) is 31.3 Å². The summed E-state index contributed by atoms with van der Waals surface area (Å²) in [7, 11) is -3.13. The van der Waals surface area contributed by atoms with E-state index in [0.717, 1.165) is 21.5 Å². The number of nitrogens with one attached hydrogen (secondary N) is 1. The van der Waals surface area contributed by atoms with Crippen molar-refractivity contribution in [3.63, 3.8) is 0 Å². The van der Waals surface area contributed by atoms with Crippen molar-refractivity contribution in [3.05, 3.63) is 23.2 Å². The van der Waals surface area contributed by atoms with E-state index in [1.54, 1.807) is 17.4 Å². The Labute approximate surface area is 134 Å². The van der Waals surface area contributed by atoms with Crippen LogP contribution >= 0.6 is 11.3 Å². The van der Waals surface area contributed by atoms with Gasteiger partial charge in [0.2, 0.25) is 5.91 Å². The van der Waals surface area contributed by atoms with Gasteiger partial charge in [-0.2, -0.15) is 0 Å². The first-order valence-electron chi connectivity index (χ1n) is 6.93. The molecule has 1 aromatic carbocycles. The van der Waals surface area contributed by atoms with Crippen LogP contribution in [0.2, 0.25) is 0 Å². The predicted molar refractivity (Wildman–Crippen MR) is 91.3 cm³/mol. The molecule has 0 unspecified atom stereocenters. The van der Waals surface area contributed by atoms with Crippen LogP contribution in [0.1, 0.15) is 32.2 Å². The molecule has 0 aliphatic carbocycles. The summed E-state index contributed by atoms with van der Waals surface area (Å²) in [5.74, 6) is -0.444. The third-order valence-corrected chi connectivity index (χ3v) is 5.40. The van der Waals surface area contributed by atoms with Crippen molar-refractivity contribution >= 4 is 43.0 Å². The smallest absolute Gasteiger partial charge is 0.225 e. The number of thiazole rings is 1. The average Bonchev–Trinajstić information content (AvgIpc) is 2.78. The zero-order chi connectivity index (χ0) is 16.5. The molecule has 0 atom stereocenters. The van der Waals surface area contributed by atoms with Crippen molar-refractivity contribution in [2.45, 2.75) is 32.6 Å². The predicted octanol–water partition coefficient (Wildman–Crippen LogP) is 2.97. The Balaban J connectivity index is 2.14. The minimum atomic E-state index is -3.13. The SMILES string of the molecule is CC(C)(C)c1nc2ccc(NC(=O)CCS(C)(=O)=O)cc2s1. The number of carbonyl (C=O) groups excluding carboxylic acids is 1. The van der Waals surface area contributed by atoms with Crippen molar-refractivity contribution in [2.24, 2.45) is 0 Å². The van der Waals surface area contributed by atoms with Gasteiger partial charge in [0, 0.05) is 23.8 Å². The third-order valence-electron chi connectivity index (χ3n) is 3.01. The standard InChI is InChI=1S/C15H20N2O3S2/c1-15(2,3)14-17-11-6-5-10(9-12(11)21-14)16-13(18)7-8-22(4,19)20/h5-6,9H,7-8H2,1-4H3,(H,16,18). The van der Waals surface area contributed by atoms with Crippen molar-refractivity contribution in [2.75, 3.05) is 17.3 Å². The van der Waals surface area contributed by atoms with Gasteiger partial charge in [0.15, 0.2) is 0 Å². The molecular formula is C15H20N2O3S2. The first kappa shape index (κ1) is 16.9. The van der Waals surface area contributed by atoms with Crippen LogP contribution in [0.5, 0.6) is 0 Å². The van der Waals surface area contributed by atoms with Gasteiger partial charge >= 0.3 is 0 Å². The molecule has 1 aromatic heterocycles. The fourth-order valence-electron chi connectivity index (χ4n) is 1.82. The number of hydrogen-bond donors (Lipinski definition) is 1. The maximum Gasteiger partial charge on any atom is 0.225 e. The van der Waals surface area contributed by atoms with Crippen molar-refractivity contribution in [1.82, 2.24) is 4.98 Å². The first-order chi connectivity index (χ1) is 10.0. The Hall–Kier alpha value is -1.47. The highest BCUT2D eigenvalue weighted by Crippen LogP contribution is 2.32. The molecule has 0 spiro atoms. The normalized spacial score (nSPS) is 12.5. The Morgan fingerprint density at radius 2 is 2.00 bits per heavy atom. The van der Waals surface area contributed by atoms with Crippen LogP contribution in [-0.2, 0) is 20.0 Å². The Bertz CT molecular complexity index is 802. The molecule has 2 rings (SSSR count). The number of rotatable bonds is 4. The maximum atomic E-state index is 11.8. The summed E-state index contributed by atoms with van der Waals surface area (Å²) in [5.41, 5.74) is 1.56. The fourth-order valence-corrected chi connectivity index (χ4v) is 3.44. The molecule has 22 heavy (non-hydrogen) atoms. The Kier molecular flexibility index (Phi) is 4.58. The van der Waals surface area contributed by atoms with Gasteiger partial charge in [0.05, 0.1) is 21.0 Å². The van der Waals surface area contributed by atoms with Gasteiger partial charge in [0.25, 0.3) is 0 Å². The van der Waals surface area contributed by atoms with Crippen LogP contribution in [0.3, 0.4) is 0 Å². The molecule has 2 aromatic rings. The second-order valence-corrected chi connectivity index (χ2v) is 9.67.